The zero-order valence-electron chi connectivity index (χ0n) is 7.20. The average Bonchev–Trinajstić information content (AvgIpc) is 2.63. The molecule has 0 aliphatic heterocycles. The van der Waals surface area contributed by atoms with E-state index in [1.54, 1.807) is 0 Å². The highest BCUT2D eigenvalue weighted by atomic mass is 16.1. The van der Waals surface area contributed by atoms with Crippen LogP contribution in [-0.2, 0) is 4.79 Å². The number of hydrogen-bond donors (Lipinski definition) is 0. The van der Waals surface area contributed by atoms with Crippen LogP contribution in [0.4, 0.5) is 0 Å². The molecule has 4 atom stereocenters. The van der Waals surface area contributed by atoms with Crippen molar-refractivity contribution in [1.82, 2.24) is 0 Å². The first kappa shape index (κ1) is 6.88. The Morgan fingerprint density at radius 2 is 2.08 bits per heavy atom. The normalized spacial score (nSPS) is 49.8. The van der Waals surface area contributed by atoms with Crippen molar-refractivity contribution in [2.45, 2.75) is 25.7 Å². The van der Waals surface area contributed by atoms with Crippen LogP contribution in [0.3, 0.4) is 0 Å². The van der Waals surface area contributed by atoms with Crippen molar-refractivity contribution in [3.8, 4) is 0 Å². The van der Waals surface area contributed by atoms with Crippen molar-refractivity contribution in [3.63, 3.8) is 0 Å². The third-order valence-electron chi connectivity index (χ3n) is 4.10. The minimum absolute atomic E-state index is 0.365. The third kappa shape index (κ3) is 0.769. The van der Waals surface area contributed by atoms with Gasteiger partial charge in [0, 0.05) is 6.42 Å². The van der Waals surface area contributed by atoms with E-state index in [9.17, 15) is 4.79 Å². The molecule has 1 nitrogen and oxygen atoms in total. The highest BCUT2D eigenvalue weighted by Crippen LogP contribution is 2.55. The van der Waals surface area contributed by atoms with Crippen LogP contribution >= 0.6 is 0 Å². The summed E-state index contributed by atoms with van der Waals surface area (Å²) >= 11 is 0. The van der Waals surface area contributed by atoms with Gasteiger partial charge in [0.2, 0.25) is 0 Å². The van der Waals surface area contributed by atoms with Gasteiger partial charge in [-0.25, -0.2) is 0 Å². The van der Waals surface area contributed by atoms with Crippen LogP contribution in [0.5, 0.6) is 0 Å². The van der Waals surface area contributed by atoms with Gasteiger partial charge in [-0.1, -0.05) is 6.08 Å². The molecule has 0 aromatic heterocycles. The van der Waals surface area contributed by atoms with Crippen LogP contribution in [0.1, 0.15) is 25.7 Å². The Hall–Kier alpha value is -0.590. The lowest BCUT2D eigenvalue weighted by molar-refractivity contribution is -0.116. The van der Waals surface area contributed by atoms with E-state index in [0.29, 0.717) is 5.78 Å². The summed E-state index contributed by atoms with van der Waals surface area (Å²) in [7, 11) is 0. The van der Waals surface area contributed by atoms with E-state index in [1.165, 1.54) is 19.3 Å². The molecule has 12 heavy (non-hydrogen) atoms. The van der Waals surface area contributed by atoms with E-state index in [1.807, 2.05) is 6.08 Å². The molecule has 0 aromatic carbocycles. The number of rotatable bonds is 0. The predicted octanol–water partition coefficient (Wildman–Crippen LogP) is 2.18. The smallest absolute Gasteiger partial charge is 0.155 e. The first-order valence-electron chi connectivity index (χ1n) is 5.05. The Labute approximate surface area is 72.8 Å². The van der Waals surface area contributed by atoms with Crippen molar-refractivity contribution in [3.05, 3.63) is 12.2 Å². The van der Waals surface area contributed by atoms with Gasteiger partial charge in [0.25, 0.3) is 0 Å². The maximum atomic E-state index is 11.2. The molecule has 4 unspecified atom stereocenters. The maximum absolute atomic E-state index is 11.2. The molecule has 3 aliphatic rings. The Morgan fingerprint density at radius 3 is 3.00 bits per heavy atom. The number of carbonyl (C=O) groups is 1. The summed E-state index contributed by atoms with van der Waals surface area (Å²) in [6.07, 6.45) is 9.09. The molecule has 3 aliphatic carbocycles. The molecule has 2 fully saturated rings. The lowest BCUT2D eigenvalue weighted by Crippen LogP contribution is -2.26. The van der Waals surface area contributed by atoms with Crippen molar-refractivity contribution in [2.24, 2.45) is 23.7 Å². The topological polar surface area (TPSA) is 17.1 Å². The number of allylic oxidation sites excluding steroid dienone is 2. The van der Waals surface area contributed by atoms with E-state index < -0.39 is 0 Å². The van der Waals surface area contributed by atoms with Gasteiger partial charge in [0.1, 0.15) is 0 Å². The highest BCUT2D eigenvalue weighted by Gasteiger charge is 2.47. The second-order valence-corrected chi connectivity index (χ2v) is 4.60. The molecule has 1 heteroatoms. The van der Waals surface area contributed by atoms with Crippen LogP contribution in [0, 0.1) is 23.7 Å². The first-order valence-corrected chi connectivity index (χ1v) is 5.05. The first-order chi connectivity index (χ1) is 5.84. The standard InChI is InChI=1S/C11H14O/c12-9-3-4-10-7-1-2-8(5-7)11(10)6-9/h3-4,7-8,10-11H,1-2,5-6H2. The number of hydrogen-bond acceptors (Lipinski definition) is 1. The largest absolute Gasteiger partial charge is 0.295 e. The zero-order valence-corrected chi connectivity index (χ0v) is 7.20. The second-order valence-electron chi connectivity index (χ2n) is 4.60. The average molecular weight is 162 g/mol. The molecule has 0 radical (unpaired) electrons. The van der Waals surface area contributed by atoms with Gasteiger partial charge >= 0.3 is 0 Å². The Morgan fingerprint density at radius 1 is 1.25 bits per heavy atom. The molecule has 0 N–H and O–H groups in total. The monoisotopic (exact) mass is 162 g/mol. The highest BCUT2D eigenvalue weighted by molar-refractivity contribution is 5.90. The van der Waals surface area contributed by atoms with Crippen LogP contribution in [0.15, 0.2) is 12.2 Å². The summed E-state index contributed by atoms with van der Waals surface area (Å²) < 4.78 is 0. The van der Waals surface area contributed by atoms with E-state index >= 15 is 0 Å². The van der Waals surface area contributed by atoms with Crippen LogP contribution in [-0.4, -0.2) is 5.78 Å². The van der Waals surface area contributed by atoms with Crippen LogP contribution in [0.25, 0.3) is 0 Å². The van der Waals surface area contributed by atoms with Crippen molar-refractivity contribution in [1.29, 1.82) is 0 Å². The molecule has 0 heterocycles. The quantitative estimate of drug-likeness (QED) is 0.533. The molecule has 0 saturated heterocycles. The molecular weight excluding hydrogens is 148 g/mol. The second kappa shape index (κ2) is 2.21. The third-order valence-corrected chi connectivity index (χ3v) is 4.10. The molecule has 3 rings (SSSR count). The van der Waals surface area contributed by atoms with Gasteiger partial charge in [-0.05, 0) is 49.0 Å². The minimum Gasteiger partial charge on any atom is -0.295 e. The SMILES string of the molecule is O=C1C=CC2C3CCC(C3)C2C1. The van der Waals surface area contributed by atoms with Gasteiger partial charge in [-0.3, -0.25) is 4.79 Å². The Kier molecular flexibility index (Phi) is 1.27. The van der Waals surface area contributed by atoms with E-state index in [2.05, 4.69) is 6.08 Å². The fourth-order valence-corrected chi connectivity index (χ4v) is 3.58. The van der Waals surface area contributed by atoms with Crippen molar-refractivity contribution in [2.75, 3.05) is 0 Å². The summed E-state index contributed by atoms with van der Waals surface area (Å²) in [5.74, 6) is 3.71. The number of fused-ring (bicyclic) bond motifs is 5. The summed E-state index contributed by atoms with van der Waals surface area (Å²) in [5.41, 5.74) is 0. The van der Waals surface area contributed by atoms with E-state index in [4.69, 9.17) is 0 Å². The molecule has 0 aromatic rings. The van der Waals surface area contributed by atoms with Crippen LogP contribution < -0.4 is 0 Å². The van der Waals surface area contributed by atoms with Crippen molar-refractivity contribution < 1.29 is 4.79 Å². The molecular formula is C11H14O. The predicted molar refractivity (Wildman–Crippen MR) is 46.6 cm³/mol. The lowest BCUT2D eigenvalue weighted by Gasteiger charge is -2.30. The molecule has 2 bridgehead atoms. The van der Waals surface area contributed by atoms with Gasteiger partial charge in [0.15, 0.2) is 5.78 Å². The van der Waals surface area contributed by atoms with E-state index in [0.717, 1.165) is 30.1 Å². The van der Waals surface area contributed by atoms with E-state index in [-0.39, 0.29) is 0 Å². The molecule has 64 valence electrons. The van der Waals surface area contributed by atoms with Gasteiger partial charge in [-0.15, -0.1) is 0 Å². The molecule has 2 saturated carbocycles. The van der Waals surface area contributed by atoms with Crippen LogP contribution in [0.2, 0.25) is 0 Å². The van der Waals surface area contributed by atoms with Gasteiger partial charge < -0.3 is 0 Å². The zero-order chi connectivity index (χ0) is 8.13. The summed E-state index contributed by atoms with van der Waals surface area (Å²) in [4.78, 5) is 11.2. The fraction of sp³-hybridized carbons (Fsp3) is 0.727. The number of ketones is 1. The van der Waals surface area contributed by atoms with Gasteiger partial charge in [0.05, 0.1) is 0 Å². The molecule has 0 amide bonds. The summed E-state index contributed by atoms with van der Waals surface area (Å²) in [5, 5.41) is 0. The lowest BCUT2D eigenvalue weighted by atomic mass is 9.74. The van der Waals surface area contributed by atoms with Gasteiger partial charge in [-0.2, -0.15) is 0 Å². The maximum Gasteiger partial charge on any atom is 0.155 e. The molecule has 0 spiro atoms. The Bertz CT molecular complexity index is 254. The fourth-order valence-electron chi connectivity index (χ4n) is 3.58. The minimum atomic E-state index is 0.365. The summed E-state index contributed by atoms with van der Waals surface area (Å²) in [6.45, 7) is 0. The van der Waals surface area contributed by atoms with Crippen molar-refractivity contribution >= 4 is 5.78 Å². The summed E-state index contributed by atoms with van der Waals surface area (Å²) in [6, 6.07) is 0. The number of carbonyl (C=O) groups excluding carboxylic acids is 1. The Balaban J connectivity index is 1.94.